The number of fused-ring (bicyclic) bond motifs is 1. The van der Waals surface area contributed by atoms with Gasteiger partial charge < -0.3 is 15.7 Å². The number of hydrogen-bond acceptors (Lipinski definition) is 5. The van der Waals surface area contributed by atoms with Crippen molar-refractivity contribution in [3.63, 3.8) is 0 Å². The molecule has 0 unspecified atom stereocenters. The Morgan fingerprint density at radius 3 is 2.60 bits per heavy atom. The van der Waals surface area contributed by atoms with Crippen molar-refractivity contribution in [1.29, 1.82) is 0 Å². The van der Waals surface area contributed by atoms with Crippen LogP contribution in [-0.4, -0.2) is 34.7 Å². The molecule has 0 aliphatic rings. The summed E-state index contributed by atoms with van der Waals surface area (Å²) in [6.07, 6.45) is 1.47. The van der Waals surface area contributed by atoms with Crippen molar-refractivity contribution in [3.05, 3.63) is 100 Å². The zero-order chi connectivity index (χ0) is 24.8. The van der Waals surface area contributed by atoms with Crippen LogP contribution in [0.1, 0.15) is 34.0 Å². The molecule has 2 aromatic heterocycles. The molecule has 0 spiro atoms. The van der Waals surface area contributed by atoms with Crippen LogP contribution in [0.3, 0.4) is 0 Å². The van der Waals surface area contributed by atoms with Gasteiger partial charge in [-0.1, -0.05) is 31.2 Å². The summed E-state index contributed by atoms with van der Waals surface area (Å²) in [5.74, 6) is -1.83. The van der Waals surface area contributed by atoms with Gasteiger partial charge in [-0.3, -0.25) is 9.78 Å². The highest BCUT2D eigenvalue weighted by Gasteiger charge is 2.23. The average Bonchev–Trinajstić information content (AvgIpc) is 3.31. The number of carbonyl (C=O) groups excluding carboxylic acids is 1. The van der Waals surface area contributed by atoms with Gasteiger partial charge in [0.05, 0.1) is 27.9 Å². The lowest BCUT2D eigenvalue weighted by Gasteiger charge is -2.25. The Balaban J connectivity index is 1.47. The van der Waals surface area contributed by atoms with Crippen LogP contribution >= 0.6 is 11.3 Å². The maximum Gasteiger partial charge on any atom is 0.253 e. The van der Waals surface area contributed by atoms with E-state index in [0.29, 0.717) is 17.7 Å². The second kappa shape index (κ2) is 11.5. The third kappa shape index (κ3) is 6.69. The molecule has 8 heteroatoms. The van der Waals surface area contributed by atoms with E-state index in [9.17, 15) is 18.7 Å². The highest BCUT2D eigenvalue weighted by Crippen LogP contribution is 2.20. The van der Waals surface area contributed by atoms with E-state index < -0.39 is 29.7 Å². The summed E-state index contributed by atoms with van der Waals surface area (Å²) in [6.45, 7) is 2.81. The quantitative estimate of drug-likeness (QED) is 0.300. The number of pyridine rings is 1. The number of aliphatic hydroxyl groups excluding tert-OH is 1. The minimum absolute atomic E-state index is 0.0588. The third-order valence-corrected chi connectivity index (χ3v) is 6.66. The van der Waals surface area contributed by atoms with Gasteiger partial charge in [0, 0.05) is 25.4 Å². The third-order valence-electron chi connectivity index (χ3n) is 5.81. The average molecular weight is 496 g/mol. The second-order valence-corrected chi connectivity index (χ2v) is 9.41. The first-order valence-corrected chi connectivity index (χ1v) is 12.3. The molecule has 0 aliphatic heterocycles. The Bertz CT molecular complexity index is 1290. The summed E-state index contributed by atoms with van der Waals surface area (Å²) >= 11 is 1.48. The lowest BCUT2D eigenvalue weighted by atomic mass is 10.00. The highest BCUT2D eigenvalue weighted by molar-refractivity contribution is 7.17. The van der Waals surface area contributed by atoms with Crippen molar-refractivity contribution in [2.75, 3.05) is 6.54 Å². The maximum atomic E-state index is 13.8. The topological polar surface area (TPSA) is 74.2 Å². The number of aromatic nitrogens is 1. The molecule has 4 rings (SSSR count). The fourth-order valence-corrected chi connectivity index (χ4v) is 4.73. The van der Waals surface area contributed by atoms with E-state index in [4.69, 9.17) is 0 Å². The van der Waals surface area contributed by atoms with E-state index in [1.54, 1.807) is 6.07 Å². The first kappa shape index (κ1) is 24.9. The molecule has 3 N–H and O–H groups in total. The molecule has 0 saturated heterocycles. The molecule has 0 saturated carbocycles. The van der Waals surface area contributed by atoms with Crippen molar-refractivity contribution >= 4 is 27.5 Å². The highest BCUT2D eigenvalue weighted by atomic mass is 32.1. The summed E-state index contributed by atoms with van der Waals surface area (Å²) in [7, 11) is 0. The number of amides is 1. The smallest absolute Gasteiger partial charge is 0.253 e. The van der Waals surface area contributed by atoms with E-state index in [-0.39, 0.29) is 13.0 Å². The Kier molecular flexibility index (Phi) is 8.17. The van der Waals surface area contributed by atoms with Crippen LogP contribution in [0.2, 0.25) is 0 Å². The predicted octanol–water partition coefficient (Wildman–Crippen LogP) is 4.63. The molecule has 2 aromatic carbocycles. The summed E-state index contributed by atoms with van der Waals surface area (Å²) in [5.41, 5.74) is 3.80. The van der Waals surface area contributed by atoms with Gasteiger partial charge in [-0.2, -0.15) is 0 Å². The lowest BCUT2D eigenvalue weighted by Crippen LogP contribution is -2.48. The fraction of sp³-hybridized carbons (Fsp3) is 0.259. The second-order valence-electron chi connectivity index (χ2n) is 8.46. The van der Waals surface area contributed by atoms with Crippen molar-refractivity contribution in [2.45, 2.75) is 38.5 Å². The number of aryl methyl sites for hydroxylation is 1. The molecule has 182 valence electrons. The Hall–Kier alpha value is -3.20. The lowest BCUT2D eigenvalue weighted by molar-refractivity contribution is 0.0829. The Morgan fingerprint density at radius 1 is 1.06 bits per heavy atom. The van der Waals surface area contributed by atoms with Gasteiger partial charge in [-0.05, 0) is 59.2 Å². The minimum atomic E-state index is -1.00. The van der Waals surface area contributed by atoms with Crippen LogP contribution in [0, 0.1) is 11.6 Å². The number of aliphatic hydroxyl groups is 1. The van der Waals surface area contributed by atoms with Crippen LogP contribution in [0.25, 0.3) is 10.2 Å². The number of hydrogen-bond donors (Lipinski definition) is 3. The first-order chi connectivity index (χ1) is 16.9. The molecule has 0 fully saturated rings. The fourth-order valence-electron chi connectivity index (χ4n) is 3.95. The standard InChI is InChI=1S/C27H27F2N3O2S/c1-2-17-4-3-5-18(8-17)14-30-16-25(33)24(11-19-9-21(28)13-22(29)10-19)32-27(34)20-12-26-23(31-15-20)6-7-35-26/h3-10,12-13,15,24-25,30,33H,2,11,14,16H2,1H3,(H,32,34)/t24-,25-/m0/s1. The number of carbonyl (C=O) groups is 1. The molecule has 4 aromatic rings. The Morgan fingerprint density at radius 2 is 1.83 bits per heavy atom. The van der Waals surface area contributed by atoms with Gasteiger partial charge >= 0.3 is 0 Å². The number of thiophene rings is 1. The minimum Gasteiger partial charge on any atom is -0.390 e. The van der Waals surface area contributed by atoms with Gasteiger partial charge in [0.25, 0.3) is 5.91 Å². The molecule has 0 aliphatic carbocycles. The normalized spacial score (nSPS) is 13.0. The zero-order valence-corrected chi connectivity index (χ0v) is 20.1. The zero-order valence-electron chi connectivity index (χ0n) is 19.3. The number of rotatable bonds is 10. The van der Waals surface area contributed by atoms with E-state index in [0.717, 1.165) is 28.3 Å². The molecule has 0 radical (unpaired) electrons. The summed E-state index contributed by atoms with van der Waals surface area (Å²) in [4.78, 5) is 17.3. The summed E-state index contributed by atoms with van der Waals surface area (Å²) < 4.78 is 28.4. The van der Waals surface area contributed by atoms with Crippen molar-refractivity contribution in [1.82, 2.24) is 15.6 Å². The Labute approximate surface area is 206 Å². The largest absolute Gasteiger partial charge is 0.390 e. The number of halogens is 2. The summed E-state index contributed by atoms with van der Waals surface area (Å²) in [6, 6.07) is 14.2. The van der Waals surface area contributed by atoms with Crippen molar-refractivity contribution in [2.24, 2.45) is 0 Å². The molecule has 2 atom stereocenters. The number of nitrogens with zero attached hydrogens (tertiary/aromatic N) is 1. The van der Waals surface area contributed by atoms with Gasteiger partial charge in [-0.15, -0.1) is 11.3 Å². The monoisotopic (exact) mass is 495 g/mol. The molecule has 0 bridgehead atoms. The van der Waals surface area contributed by atoms with Crippen LogP contribution in [0.5, 0.6) is 0 Å². The first-order valence-electron chi connectivity index (χ1n) is 11.5. The number of benzene rings is 2. The van der Waals surface area contributed by atoms with Crippen LogP contribution in [0.4, 0.5) is 8.78 Å². The van der Waals surface area contributed by atoms with E-state index in [2.05, 4.69) is 34.7 Å². The van der Waals surface area contributed by atoms with Crippen LogP contribution < -0.4 is 10.6 Å². The summed E-state index contributed by atoms with van der Waals surface area (Å²) in [5, 5.41) is 18.9. The van der Waals surface area contributed by atoms with E-state index in [1.165, 1.54) is 35.2 Å². The van der Waals surface area contributed by atoms with Crippen LogP contribution in [-0.2, 0) is 19.4 Å². The van der Waals surface area contributed by atoms with Crippen molar-refractivity contribution in [3.8, 4) is 0 Å². The SMILES string of the molecule is CCc1cccc(CNC[C@H](O)[C@H](Cc2cc(F)cc(F)c2)NC(=O)c2cnc3ccsc3c2)c1. The molecule has 35 heavy (non-hydrogen) atoms. The van der Waals surface area contributed by atoms with E-state index >= 15 is 0 Å². The predicted molar refractivity (Wildman–Crippen MR) is 134 cm³/mol. The number of nitrogens with one attached hydrogen (secondary N) is 2. The maximum absolute atomic E-state index is 13.8. The molecular weight excluding hydrogens is 468 g/mol. The van der Waals surface area contributed by atoms with Gasteiger partial charge in [-0.25, -0.2) is 8.78 Å². The van der Waals surface area contributed by atoms with Gasteiger partial charge in [0.15, 0.2) is 0 Å². The molecule has 1 amide bonds. The van der Waals surface area contributed by atoms with Gasteiger partial charge in [0.1, 0.15) is 11.6 Å². The van der Waals surface area contributed by atoms with Crippen molar-refractivity contribution < 1.29 is 18.7 Å². The molecular formula is C27H27F2N3O2S. The van der Waals surface area contributed by atoms with Crippen LogP contribution in [0.15, 0.2) is 66.2 Å². The molecule has 5 nitrogen and oxygen atoms in total. The molecule has 2 heterocycles. The van der Waals surface area contributed by atoms with Gasteiger partial charge in [0.2, 0.25) is 0 Å². The van der Waals surface area contributed by atoms with E-state index in [1.807, 2.05) is 23.6 Å².